The van der Waals surface area contributed by atoms with E-state index in [9.17, 15) is 0 Å². The van der Waals surface area contributed by atoms with Crippen molar-refractivity contribution in [2.45, 2.75) is 0 Å². The van der Waals surface area contributed by atoms with Gasteiger partial charge in [0.1, 0.15) is 0 Å². The monoisotopic (exact) mass is 2890 g/mol. The summed E-state index contributed by atoms with van der Waals surface area (Å²) in [6, 6.07) is 0. The van der Waals surface area contributed by atoms with Crippen LogP contribution in [0.2, 0.25) is 0 Å². The molecule has 0 rings (SSSR count). The summed E-state index contributed by atoms with van der Waals surface area (Å²) in [5, 5.41) is 0. The maximum Gasteiger partial charge on any atom is 1.00 e. The van der Waals surface area contributed by atoms with E-state index in [0.717, 1.165) is 0 Å². The second-order valence-corrected chi connectivity index (χ2v) is 0. The fraction of sp³-hybridized carbons (Fsp3) is 0. The van der Waals surface area contributed by atoms with Crippen LogP contribution in [0.1, 0.15) is 0 Å². The van der Waals surface area contributed by atoms with E-state index in [1.807, 2.05) is 0 Å². The minimum absolute atomic E-state index is 0. The van der Waals surface area contributed by atoms with E-state index in [1.54, 1.807) is 0 Å². The molecule has 0 atom stereocenters. The van der Waals surface area contributed by atoms with E-state index >= 15 is 0 Å². The second kappa shape index (κ2) is 4070. The van der Waals surface area contributed by atoms with Crippen molar-refractivity contribution in [2.75, 3.05) is 0 Å². The minimum atomic E-state index is 0. The predicted octanol–water partition coefficient (Wildman–Crippen LogP) is -6.46. The molecule has 0 aliphatic heterocycles. The standard InChI is InChI=1S/19Ag.54O/q19*+1;54*-2. The van der Waals surface area contributed by atoms with E-state index in [2.05, 4.69) is 0 Å². The smallest absolute Gasteiger partial charge is 1.00 e. The normalized spacial score (nSPS) is 0. The van der Waals surface area contributed by atoms with Gasteiger partial charge < -0.3 is 296 Å². The van der Waals surface area contributed by atoms with Crippen LogP contribution in [0.5, 0.6) is 0 Å². The average molecular weight is 2910 g/mol. The van der Waals surface area contributed by atoms with Crippen molar-refractivity contribution >= 4 is 0 Å². The van der Waals surface area contributed by atoms with Gasteiger partial charge in [0.15, 0.2) is 0 Å². The summed E-state index contributed by atoms with van der Waals surface area (Å²) >= 11 is 0. The fourth-order valence-electron chi connectivity index (χ4n) is 0. The molecule has 0 saturated carbocycles. The van der Waals surface area contributed by atoms with Crippen molar-refractivity contribution in [1.29, 1.82) is 0 Å². The van der Waals surface area contributed by atoms with Crippen molar-refractivity contribution in [3.63, 3.8) is 0 Å². The average Bonchev–Trinajstić information content (AvgIpc) is 0. The van der Waals surface area contributed by atoms with Crippen molar-refractivity contribution in [3.8, 4) is 0 Å². The van der Waals surface area contributed by atoms with Crippen molar-refractivity contribution < 1.29 is 721 Å². The Morgan fingerprint density at radius 2 is 0.0274 bits per heavy atom. The molecule has 0 fully saturated rings. The predicted molar refractivity (Wildman–Crippen MR) is 37.1 cm³/mol. The SMILES string of the molecule is [Ag+].[Ag+].[Ag+].[Ag+].[Ag+].[Ag+].[Ag+].[Ag+].[Ag+].[Ag+].[Ag+].[Ag+].[Ag+].[Ag+].[Ag+].[Ag+].[Ag+].[Ag+].[Ag+].[O-2].[O-2].[O-2].[O-2].[O-2].[O-2].[O-2].[O-2].[O-2].[O-2].[O-2].[O-2].[O-2].[O-2].[O-2].[O-2].[O-2].[O-2].[O-2].[O-2].[O-2].[O-2].[O-2].[O-2].[O-2].[O-2].[O-2].[O-2].[O-2].[O-2].[O-2].[O-2].[O-2].[O-2].[O-2].[O-2].[O-2].[O-2].[O-2].[O-2].[O-2].[O-2].[O-2].[O-2].[O-2].[O-2].[O-2].[O-2].[O-2].[O-2].[O-2].[O-2].[O-2].[O-2]. The first-order chi connectivity index (χ1) is 0. The number of hydrogen-bond acceptors (Lipinski definition) is 0. The summed E-state index contributed by atoms with van der Waals surface area (Å²) < 4.78 is 0. The third-order valence-corrected chi connectivity index (χ3v) is 0. The van der Waals surface area contributed by atoms with Crippen molar-refractivity contribution in [2.24, 2.45) is 0 Å². The Bertz CT molecular complexity index is 60.4. The quantitative estimate of drug-likeness (QED) is 0.204. The summed E-state index contributed by atoms with van der Waals surface area (Å²) in [5.41, 5.74) is 0. The molecule has 54 nitrogen and oxygen atoms in total. The zero-order valence-corrected chi connectivity index (χ0v) is 55.9. The molecule has 73 heteroatoms. The summed E-state index contributed by atoms with van der Waals surface area (Å²) in [5.74, 6) is 0. The molecule has 0 aliphatic carbocycles. The molecule has 0 radical (unpaired) electrons. The van der Waals surface area contributed by atoms with E-state index < -0.39 is 0 Å². The van der Waals surface area contributed by atoms with Crippen LogP contribution < -0.4 is 0 Å². The van der Waals surface area contributed by atoms with Crippen LogP contribution in [0.25, 0.3) is 0 Å². The summed E-state index contributed by atoms with van der Waals surface area (Å²) in [6.07, 6.45) is 0. The van der Waals surface area contributed by atoms with Crippen molar-refractivity contribution in [1.82, 2.24) is 0 Å². The van der Waals surface area contributed by atoms with Crippen LogP contribution in [0, 0.1) is 0 Å². The van der Waals surface area contributed by atoms with Gasteiger partial charge in [0, 0.05) is 0 Å². The molecule has 0 aromatic carbocycles. The molecule has 0 amide bonds. The second-order valence-electron chi connectivity index (χ2n) is 0. The molecule has 0 bridgehead atoms. The maximum atomic E-state index is 0. The van der Waals surface area contributed by atoms with E-state index in [-0.39, 0.29) is 721 Å². The topological polar surface area (TPSA) is 1540 Å². The van der Waals surface area contributed by atoms with Gasteiger partial charge >= 0.3 is 425 Å². The number of hydrogen-bond donors (Lipinski definition) is 0. The Kier molecular flexibility index (Phi) is 235000. The molecular weight excluding hydrogens is 2910 g/mol. The zero-order chi connectivity index (χ0) is 0. The third kappa shape index (κ3) is 3970. The molecule has 0 unspecified atom stereocenters. The van der Waals surface area contributed by atoms with Crippen LogP contribution in [0.4, 0.5) is 0 Å². The van der Waals surface area contributed by atoms with Crippen LogP contribution in [0.3, 0.4) is 0 Å². The maximum absolute atomic E-state index is 0. The first-order valence-corrected chi connectivity index (χ1v) is 0. The molecule has 73 heavy (non-hydrogen) atoms. The largest absolute Gasteiger partial charge is 2.00 e. The van der Waals surface area contributed by atoms with Gasteiger partial charge in [-0.05, 0) is 0 Å². The summed E-state index contributed by atoms with van der Waals surface area (Å²) in [4.78, 5) is 0. The van der Waals surface area contributed by atoms with E-state index in [1.165, 1.54) is 0 Å². The number of rotatable bonds is 0. The first-order valence-electron chi connectivity index (χ1n) is 0. The van der Waals surface area contributed by atoms with Gasteiger partial charge in [0.05, 0.1) is 0 Å². The van der Waals surface area contributed by atoms with E-state index in [4.69, 9.17) is 0 Å². The van der Waals surface area contributed by atoms with Gasteiger partial charge in [-0.25, -0.2) is 0 Å². The fourth-order valence-corrected chi connectivity index (χ4v) is 0. The molecule has 0 heterocycles. The van der Waals surface area contributed by atoms with Gasteiger partial charge in [-0.15, -0.1) is 0 Å². The van der Waals surface area contributed by atoms with Crippen molar-refractivity contribution in [3.05, 3.63) is 0 Å². The first kappa shape index (κ1) is 4220. The Hall–Kier alpha value is 11.9. The Morgan fingerprint density at radius 3 is 0.0274 bits per heavy atom. The molecule has 0 spiro atoms. The molecule has 0 aromatic rings. The summed E-state index contributed by atoms with van der Waals surface area (Å²) in [7, 11) is 0. The van der Waals surface area contributed by atoms with Crippen LogP contribution in [-0.2, 0) is 721 Å². The van der Waals surface area contributed by atoms with Gasteiger partial charge in [-0.1, -0.05) is 0 Å². The van der Waals surface area contributed by atoms with Crippen LogP contribution in [-0.4, -0.2) is 0 Å². The Balaban J connectivity index is 0. The van der Waals surface area contributed by atoms with Gasteiger partial charge in [-0.3, -0.25) is 0 Å². The van der Waals surface area contributed by atoms with E-state index in [0.29, 0.717) is 0 Å². The Morgan fingerprint density at radius 1 is 0.0274 bits per heavy atom. The minimum Gasteiger partial charge on any atom is -2.00 e. The molecule has 622 valence electrons. The van der Waals surface area contributed by atoms with Gasteiger partial charge in [0.2, 0.25) is 0 Å². The van der Waals surface area contributed by atoms with Crippen LogP contribution >= 0.6 is 0 Å². The molecular formula is Ag19O54-89. The third-order valence-electron chi connectivity index (χ3n) is 0. The molecule has 0 aromatic heterocycles. The molecule has 0 N–H and O–H groups in total. The van der Waals surface area contributed by atoms with Gasteiger partial charge in [0.25, 0.3) is 0 Å². The Labute approximate surface area is 708 Å². The zero-order valence-electron chi connectivity index (χ0n) is 27.8. The molecule has 0 aliphatic rings. The van der Waals surface area contributed by atoms with Crippen LogP contribution in [0.15, 0.2) is 0 Å². The van der Waals surface area contributed by atoms with Gasteiger partial charge in [-0.2, -0.15) is 0 Å². The summed E-state index contributed by atoms with van der Waals surface area (Å²) in [6.45, 7) is 0. The molecule has 0 saturated heterocycles.